The minimum Gasteiger partial charge on any atom is -0.488 e. The number of nitrogens with two attached hydrogens (primary N) is 1. The molecule has 0 aliphatic carbocycles. The molecule has 0 saturated heterocycles. The lowest BCUT2D eigenvalue weighted by Gasteiger charge is -2.10. The third-order valence-electron chi connectivity index (χ3n) is 2.46. The first-order valence-electron chi connectivity index (χ1n) is 5.43. The number of thiocarbonyl (C=S) groups is 1. The Kier molecular flexibility index (Phi) is 4.54. The molecule has 0 bridgehead atoms. The van der Waals surface area contributed by atoms with Gasteiger partial charge in [-0.1, -0.05) is 36.5 Å². The second kappa shape index (κ2) is 6.15. The van der Waals surface area contributed by atoms with Crippen molar-refractivity contribution in [2.24, 2.45) is 5.73 Å². The van der Waals surface area contributed by atoms with Gasteiger partial charge in [0.25, 0.3) is 0 Å². The minimum absolute atomic E-state index is 0.355. The summed E-state index contributed by atoms with van der Waals surface area (Å²) in [5.74, 6) is 0.726. The van der Waals surface area contributed by atoms with Crippen LogP contribution in [-0.4, -0.2) is 4.99 Å². The first-order valence-corrected chi connectivity index (χ1v) is 6.91. The van der Waals surface area contributed by atoms with Gasteiger partial charge in [-0.3, -0.25) is 0 Å². The van der Waals surface area contributed by atoms with E-state index in [9.17, 15) is 0 Å². The highest BCUT2D eigenvalue weighted by molar-refractivity contribution is 14.1. The fraction of sp³-hybridized carbons (Fsp3) is 0.0714. The molecular weight excluding hydrogens is 357 g/mol. The SMILES string of the molecule is NC(=S)c1ccccc1OCc1ccc(I)cc1. The monoisotopic (exact) mass is 369 g/mol. The third kappa shape index (κ3) is 3.43. The topological polar surface area (TPSA) is 35.2 Å². The fourth-order valence-corrected chi connectivity index (χ4v) is 2.07. The van der Waals surface area contributed by atoms with E-state index in [0.29, 0.717) is 11.6 Å². The summed E-state index contributed by atoms with van der Waals surface area (Å²) in [5.41, 5.74) is 7.55. The second-order valence-corrected chi connectivity index (χ2v) is 5.46. The standard InChI is InChI=1S/C14H12INOS/c15-11-7-5-10(6-8-11)9-17-13-4-2-1-3-12(13)14(16)18/h1-8H,9H2,(H2,16,18). The molecule has 2 rings (SSSR count). The number of rotatable bonds is 4. The Morgan fingerprint density at radius 2 is 1.78 bits per heavy atom. The minimum atomic E-state index is 0.355. The predicted octanol–water partition coefficient (Wildman–Crippen LogP) is 3.50. The molecule has 0 radical (unpaired) electrons. The lowest BCUT2D eigenvalue weighted by Crippen LogP contribution is -2.11. The zero-order valence-electron chi connectivity index (χ0n) is 9.60. The highest BCUT2D eigenvalue weighted by Crippen LogP contribution is 2.19. The van der Waals surface area contributed by atoms with Crippen LogP contribution in [0.1, 0.15) is 11.1 Å². The van der Waals surface area contributed by atoms with Crippen LogP contribution in [0.25, 0.3) is 0 Å². The lowest BCUT2D eigenvalue weighted by molar-refractivity contribution is 0.305. The van der Waals surface area contributed by atoms with Crippen molar-refractivity contribution in [2.45, 2.75) is 6.61 Å². The molecule has 2 N–H and O–H groups in total. The van der Waals surface area contributed by atoms with Gasteiger partial charge in [0.1, 0.15) is 17.3 Å². The van der Waals surface area contributed by atoms with E-state index in [0.717, 1.165) is 16.9 Å². The van der Waals surface area contributed by atoms with E-state index in [4.69, 9.17) is 22.7 Å². The molecule has 2 nitrogen and oxygen atoms in total. The predicted molar refractivity (Wildman–Crippen MR) is 85.8 cm³/mol. The molecule has 0 unspecified atom stereocenters. The van der Waals surface area contributed by atoms with Crippen LogP contribution in [-0.2, 0) is 6.61 Å². The Morgan fingerprint density at radius 3 is 2.44 bits per heavy atom. The average molecular weight is 369 g/mol. The lowest BCUT2D eigenvalue weighted by atomic mass is 10.2. The maximum Gasteiger partial charge on any atom is 0.129 e. The van der Waals surface area contributed by atoms with E-state index in [1.165, 1.54) is 3.57 Å². The number of hydrogen-bond acceptors (Lipinski definition) is 2. The largest absolute Gasteiger partial charge is 0.488 e. The van der Waals surface area contributed by atoms with Gasteiger partial charge in [0.2, 0.25) is 0 Å². The maximum atomic E-state index is 5.75. The van der Waals surface area contributed by atoms with Crippen LogP contribution in [0.5, 0.6) is 5.75 Å². The van der Waals surface area contributed by atoms with Crippen molar-refractivity contribution in [1.29, 1.82) is 0 Å². The molecule has 0 heterocycles. The Bertz CT molecular complexity index is 554. The molecule has 0 fully saturated rings. The Hall–Kier alpha value is -1.14. The van der Waals surface area contributed by atoms with Crippen LogP contribution in [0.2, 0.25) is 0 Å². The van der Waals surface area contributed by atoms with Crippen molar-refractivity contribution in [1.82, 2.24) is 0 Å². The summed E-state index contributed by atoms with van der Waals surface area (Å²) in [6.07, 6.45) is 0. The molecule has 0 amide bonds. The van der Waals surface area contributed by atoms with Gasteiger partial charge in [0.15, 0.2) is 0 Å². The number of benzene rings is 2. The van der Waals surface area contributed by atoms with E-state index >= 15 is 0 Å². The molecular formula is C14H12INOS. The molecule has 2 aromatic rings. The molecule has 18 heavy (non-hydrogen) atoms. The molecule has 0 aliphatic heterocycles. The fourth-order valence-electron chi connectivity index (χ4n) is 1.54. The number of halogens is 1. The molecule has 0 atom stereocenters. The maximum absolute atomic E-state index is 5.75. The van der Waals surface area contributed by atoms with E-state index in [1.807, 2.05) is 36.4 Å². The van der Waals surface area contributed by atoms with E-state index in [-0.39, 0.29) is 0 Å². The summed E-state index contributed by atoms with van der Waals surface area (Å²) in [6, 6.07) is 15.7. The highest BCUT2D eigenvalue weighted by Gasteiger charge is 2.05. The molecule has 0 saturated carbocycles. The highest BCUT2D eigenvalue weighted by atomic mass is 127. The van der Waals surface area contributed by atoms with Crippen molar-refractivity contribution in [3.63, 3.8) is 0 Å². The van der Waals surface area contributed by atoms with Crippen molar-refractivity contribution < 1.29 is 4.74 Å². The zero-order chi connectivity index (χ0) is 13.0. The number of para-hydroxylation sites is 1. The zero-order valence-corrected chi connectivity index (χ0v) is 12.6. The van der Waals surface area contributed by atoms with Crippen LogP contribution >= 0.6 is 34.8 Å². The smallest absolute Gasteiger partial charge is 0.129 e. The molecule has 92 valence electrons. The average Bonchev–Trinajstić information content (AvgIpc) is 2.38. The summed E-state index contributed by atoms with van der Waals surface area (Å²) in [4.78, 5) is 0.355. The summed E-state index contributed by atoms with van der Waals surface area (Å²) < 4.78 is 6.96. The van der Waals surface area contributed by atoms with Crippen molar-refractivity contribution in [2.75, 3.05) is 0 Å². The first kappa shape index (κ1) is 13.3. The summed E-state index contributed by atoms with van der Waals surface area (Å²) in [6.45, 7) is 0.510. The summed E-state index contributed by atoms with van der Waals surface area (Å²) >= 11 is 7.27. The van der Waals surface area contributed by atoms with Gasteiger partial charge in [0.05, 0.1) is 5.56 Å². The molecule has 2 aromatic carbocycles. The second-order valence-electron chi connectivity index (χ2n) is 3.78. The summed E-state index contributed by atoms with van der Waals surface area (Å²) in [5, 5.41) is 0. The van der Waals surface area contributed by atoms with E-state index in [1.54, 1.807) is 0 Å². The van der Waals surface area contributed by atoms with Gasteiger partial charge in [0, 0.05) is 3.57 Å². The first-order chi connectivity index (χ1) is 8.66. The molecule has 0 spiro atoms. The van der Waals surface area contributed by atoms with Gasteiger partial charge < -0.3 is 10.5 Å². The van der Waals surface area contributed by atoms with Crippen LogP contribution in [0.3, 0.4) is 0 Å². The van der Waals surface area contributed by atoms with Gasteiger partial charge >= 0.3 is 0 Å². The van der Waals surface area contributed by atoms with E-state index < -0.39 is 0 Å². The normalized spacial score (nSPS) is 10.1. The molecule has 0 aliphatic rings. The Morgan fingerprint density at radius 1 is 1.11 bits per heavy atom. The van der Waals surface area contributed by atoms with E-state index in [2.05, 4.69) is 34.7 Å². The van der Waals surface area contributed by atoms with Crippen LogP contribution in [0, 0.1) is 3.57 Å². The molecule has 4 heteroatoms. The number of hydrogen-bond donors (Lipinski definition) is 1. The van der Waals surface area contributed by atoms with Gasteiger partial charge in [-0.15, -0.1) is 0 Å². The molecule has 0 aromatic heterocycles. The van der Waals surface area contributed by atoms with Crippen LogP contribution in [0.15, 0.2) is 48.5 Å². The van der Waals surface area contributed by atoms with Crippen molar-refractivity contribution in [3.8, 4) is 5.75 Å². The van der Waals surface area contributed by atoms with Crippen LogP contribution in [0.4, 0.5) is 0 Å². The Labute approximate surface area is 125 Å². The third-order valence-corrected chi connectivity index (χ3v) is 3.40. The van der Waals surface area contributed by atoms with Gasteiger partial charge in [-0.2, -0.15) is 0 Å². The van der Waals surface area contributed by atoms with Crippen LogP contribution < -0.4 is 10.5 Å². The van der Waals surface area contributed by atoms with Gasteiger partial charge in [-0.25, -0.2) is 0 Å². The summed E-state index contributed by atoms with van der Waals surface area (Å²) in [7, 11) is 0. The quantitative estimate of drug-likeness (QED) is 0.662. The van der Waals surface area contributed by atoms with Gasteiger partial charge in [-0.05, 0) is 52.4 Å². The van der Waals surface area contributed by atoms with Crippen molar-refractivity contribution >= 4 is 39.8 Å². The number of ether oxygens (including phenoxy) is 1. The van der Waals surface area contributed by atoms with Crippen molar-refractivity contribution in [3.05, 3.63) is 63.2 Å². The Balaban J connectivity index is 2.10.